The predicted octanol–water partition coefficient (Wildman–Crippen LogP) is 4.31. The molecule has 2 aromatic heterocycles. The normalized spacial score (nSPS) is 20.5. The maximum atomic E-state index is 14.7. The van der Waals surface area contributed by atoms with Crippen molar-refractivity contribution in [3.05, 3.63) is 72.3 Å². The molecule has 13 heteroatoms. The lowest BCUT2D eigenvalue weighted by molar-refractivity contribution is -0.0116. The second-order valence-electron chi connectivity index (χ2n) is 11.2. The van der Waals surface area contributed by atoms with E-state index in [-0.39, 0.29) is 5.56 Å². The zero-order chi connectivity index (χ0) is 30.2. The topological polar surface area (TPSA) is 93.0 Å². The van der Waals surface area contributed by atoms with Gasteiger partial charge in [0.25, 0.3) is 0 Å². The Kier molecular flexibility index (Phi) is 7.75. The van der Waals surface area contributed by atoms with Gasteiger partial charge in [0, 0.05) is 80.4 Å². The minimum atomic E-state index is -0.895. The number of morpholine rings is 1. The number of ether oxygens (including phenoxy) is 2. The number of methoxy groups -OCH3 is 1. The lowest BCUT2D eigenvalue weighted by Gasteiger charge is -2.45. The number of rotatable bonds is 7. The van der Waals surface area contributed by atoms with Crippen molar-refractivity contribution in [1.82, 2.24) is 24.6 Å². The van der Waals surface area contributed by atoms with E-state index in [1.165, 1.54) is 17.5 Å². The van der Waals surface area contributed by atoms with Crippen molar-refractivity contribution < 1.29 is 23.1 Å². The number of aromatic nitrogens is 4. The molecule has 5 heterocycles. The summed E-state index contributed by atoms with van der Waals surface area (Å²) in [5, 5.41) is 9.33. The number of hydrogen-bond acceptors (Lipinski definition) is 10. The number of fused-ring (bicyclic) bond motifs is 1. The molecule has 0 amide bonds. The van der Waals surface area contributed by atoms with E-state index in [9.17, 15) is 8.78 Å². The highest BCUT2D eigenvalue weighted by Gasteiger charge is 2.33. The summed E-state index contributed by atoms with van der Waals surface area (Å²) >= 11 is 0. The highest BCUT2D eigenvalue weighted by molar-refractivity contribution is 5.85. The fourth-order valence-corrected chi connectivity index (χ4v) is 6.28. The molecule has 3 aliphatic rings. The minimum absolute atomic E-state index is 0.217. The molecule has 3 fully saturated rings. The molecular formula is C31H34F2N8O3. The number of aryl methyl sites for hydroxylation is 1. The first-order valence-electron chi connectivity index (χ1n) is 14.7. The van der Waals surface area contributed by atoms with Crippen LogP contribution in [-0.2, 0) is 16.6 Å². The summed E-state index contributed by atoms with van der Waals surface area (Å²) in [4.78, 5) is 19.5. The van der Waals surface area contributed by atoms with Crippen LogP contribution in [0, 0.1) is 11.6 Å². The van der Waals surface area contributed by atoms with Crippen molar-refractivity contribution in [1.29, 1.82) is 0 Å². The molecule has 11 nitrogen and oxygen atoms in total. The Hall–Kier alpha value is -4.33. The summed E-state index contributed by atoms with van der Waals surface area (Å²) in [6, 6.07) is 9.79. The highest BCUT2D eigenvalue weighted by Crippen LogP contribution is 2.42. The van der Waals surface area contributed by atoms with Crippen LogP contribution in [-0.4, -0.2) is 83.8 Å². The zero-order valence-electron chi connectivity index (χ0n) is 24.6. The third-order valence-corrected chi connectivity index (χ3v) is 8.50. The Labute approximate surface area is 253 Å². The van der Waals surface area contributed by atoms with Crippen molar-refractivity contribution >= 4 is 23.0 Å². The van der Waals surface area contributed by atoms with Gasteiger partial charge >= 0.3 is 0 Å². The summed E-state index contributed by atoms with van der Waals surface area (Å²) in [6.45, 7) is 5.51. The second kappa shape index (κ2) is 12.0. The van der Waals surface area contributed by atoms with Gasteiger partial charge in [0.2, 0.25) is 0 Å². The first-order chi connectivity index (χ1) is 21.5. The number of piperazine rings is 1. The molecule has 4 aromatic rings. The quantitative estimate of drug-likeness (QED) is 0.329. The van der Waals surface area contributed by atoms with Gasteiger partial charge in [-0.1, -0.05) is 12.1 Å². The number of halogens is 2. The molecule has 0 radical (unpaired) electrons. The van der Waals surface area contributed by atoms with Crippen molar-refractivity contribution in [2.24, 2.45) is 7.05 Å². The zero-order valence-corrected chi connectivity index (χ0v) is 24.6. The molecule has 2 atom stereocenters. The molecule has 230 valence electrons. The van der Waals surface area contributed by atoms with E-state index in [0.717, 1.165) is 62.3 Å². The van der Waals surface area contributed by atoms with Crippen LogP contribution in [0.1, 0.15) is 18.0 Å². The molecule has 1 N–H and O–H groups in total. The molecule has 3 aliphatic heterocycles. The van der Waals surface area contributed by atoms with Crippen molar-refractivity contribution in [2.75, 3.05) is 68.4 Å². The molecule has 7 rings (SSSR count). The molecule has 0 saturated carbocycles. The van der Waals surface area contributed by atoms with Gasteiger partial charge in [-0.3, -0.25) is 14.4 Å². The molecule has 44 heavy (non-hydrogen) atoms. The Morgan fingerprint density at radius 2 is 1.98 bits per heavy atom. The largest absolute Gasteiger partial charge is 0.494 e. The molecular weight excluding hydrogens is 570 g/mol. The Morgan fingerprint density at radius 1 is 1.07 bits per heavy atom. The average molecular weight is 605 g/mol. The summed E-state index contributed by atoms with van der Waals surface area (Å²) < 4.78 is 42.2. The molecule has 0 spiro atoms. The summed E-state index contributed by atoms with van der Waals surface area (Å²) in [7, 11) is 3.54. The summed E-state index contributed by atoms with van der Waals surface area (Å²) in [5.41, 5.74) is 3.96. The van der Waals surface area contributed by atoms with Crippen LogP contribution in [0.5, 0.6) is 5.75 Å². The second-order valence-corrected chi connectivity index (χ2v) is 11.2. The summed E-state index contributed by atoms with van der Waals surface area (Å²) in [6.07, 6.45) is 5.74. The first kappa shape index (κ1) is 28.4. The van der Waals surface area contributed by atoms with Crippen LogP contribution < -0.4 is 20.0 Å². The Morgan fingerprint density at radius 3 is 2.82 bits per heavy atom. The van der Waals surface area contributed by atoms with Gasteiger partial charge in [0.1, 0.15) is 17.9 Å². The third-order valence-electron chi connectivity index (χ3n) is 8.50. The minimum Gasteiger partial charge on any atom is -0.494 e. The highest BCUT2D eigenvalue weighted by atomic mass is 19.2. The number of hydroxylamine groups is 1. The van der Waals surface area contributed by atoms with Crippen LogP contribution in [0.15, 0.2) is 55.1 Å². The van der Waals surface area contributed by atoms with Crippen LogP contribution in [0.3, 0.4) is 0 Å². The van der Waals surface area contributed by atoms with Gasteiger partial charge in [-0.15, -0.1) is 0 Å². The Bertz CT molecular complexity index is 1650. The van der Waals surface area contributed by atoms with Gasteiger partial charge in [0.05, 0.1) is 50.9 Å². The lowest BCUT2D eigenvalue weighted by Crippen LogP contribution is -2.58. The fraction of sp³-hybridized carbons (Fsp3) is 0.387. The van der Waals surface area contributed by atoms with Crippen LogP contribution in [0.4, 0.5) is 31.8 Å². The molecule has 0 aliphatic carbocycles. The first-order valence-corrected chi connectivity index (χ1v) is 14.7. The maximum Gasteiger partial charge on any atom is 0.164 e. The van der Waals surface area contributed by atoms with Crippen LogP contribution >= 0.6 is 0 Å². The van der Waals surface area contributed by atoms with E-state index in [0.29, 0.717) is 42.1 Å². The van der Waals surface area contributed by atoms with E-state index >= 15 is 0 Å². The maximum absolute atomic E-state index is 14.7. The van der Waals surface area contributed by atoms with Gasteiger partial charge in [-0.2, -0.15) is 5.10 Å². The van der Waals surface area contributed by atoms with E-state index in [1.807, 2.05) is 25.5 Å². The SMILES string of the molecule is COc1cc(N2CCN3CCOC[C@@H]3C2)c(-c2cnn(C)c2)cc1Nc1cc(N2OCC[C@@H]2c2cccc(F)c2F)ncn1. The van der Waals surface area contributed by atoms with Crippen molar-refractivity contribution in [3.8, 4) is 16.9 Å². The van der Waals surface area contributed by atoms with Crippen LogP contribution in [0.25, 0.3) is 11.1 Å². The number of benzene rings is 2. The number of hydrogen-bond donors (Lipinski definition) is 1. The average Bonchev–Trinajstić information content (AvgIpc) is 3.71. The molecule has 2 aromatic carbocycles. The van der Waals surface area contributed by atoms with Crippen molar-refractivity contribution in [3.63, 3.8) is 0 Å². The van der Waals surface area contributed by atoms with E-state index in [4.69, 9.17) is 14.3 Å². The Balaban J connectivity index is 1.21. The monoisotopic (exact) mass is 604 g/mol. The van der Waals surface area contributed by atoms with Gasteiger partial charge in [-0.05, 0) is 12.1 Å². The van der Waals surface area contributed by atoms with Gasteiger partial charge < -0.3 is 19.7 Å². The fourth-order valence-electron chi connectivity index (χ4n) is 6.28. The van der Waals surface area contributed by atoms with E-state index in [2.05, 4.69) is 36.2 Å². The number of anilines is 4. The summed E-state index contributed by atoms with van der Waals surface area (Å²) in [5.74, 6) is -0.226. The lowest BCUT2D eigenvalue weighted by atomic mass is 10.0. The van der Waals surface area contributed by atoms with E-state index in [1.54, 1.807) is 23.9 Å². The standard InChI is InChI=1S/C31H34F2N8O3/c1-38-16-20(15-36-38)23-12-25(28(42-2)13-27(23)40-8-7-39-9-11-43-18-21(39)17-40)37-29-14-30(35-19-34-29)41-26(6-10-44-41)22-4-3-5-24(32)31(22)33/h3-5,12-16,19,21,26H,6-11,17-18H2,1-2H3,(H,34,35,37)/t21-,26+/m0/s1. The van der Waals surface area contributed by atoms with Gasteiger partial charge in [0.15, 0.2) is 17.5 Å². The van der Waals surface area contributed by atoms with Crippen molar-refractivity contribution in [2.45, 2.75) is 18.5 Å². The van der Waals surface area contributed by atoms with Crippen LogP contribution in [0.2, 0.25) is 0 Å². The third kappa shape index (κ3) is 5.42. The number of nitrogens with one attached hydrogen (secondary N) is 1. The molecule has 0 bridgehead atoms. The number of nitrogens with zero attached hydrogens (tertiary/aromatic N) is 7. The van der Waals surface area contributed by atoms with E-state index < -0.39 is 17.7 Å². The van der Waals surface area contributed by atoms with Gasteiger partial charge in [-0.25, -0.2) is 23.8 Å². The predicted molar refractivity (Wildman–Crippen MR) is 161 cm³/mol. The smallest absolute Gasteiger partial charge is 0.164 e. The molecule has 0 unspecified atom stereocenters. The molecule has 3 saturated heterocycles.